The van der Waals surface area contributed by atoms with Gasteiger partial charge in [0.25, 0.3) is 5.91 Å². The number of ether oxygens (including phenoxy) is 1. The van der Waals surface area contributed by atoms with Crippen molar-refractivity contribution in [3.63, 3.8) is 0 Å². The summed E-state index contributed by atoms with van der Waals surface area (Å²) in [6.07, 6.45) is -3.64. The van der Waals surface area contributed by atoms with Gasteiger partial charge in [0.15, 0.2) is 6.23 Å². The Bertz CT molecular complexity index is 566. The quantitative estimate of drug-likeness (QED) is 0.320. The molecule has 13 heteroatoms. The molecule has 1 fully saturated rings. The molecule has 1 aromatic heterocycles. The van der Waals surface area contributed by atoms with Crippen LogP contribution in [0.2, 0.25) is 0 Å². The molecule has 0 unspecified atom stereocenters. The van der Waals surface area contributed by atoms with E-state index in [-0.39, 0.29) is 12.4 Å². The lowest BCUT2D eigenvalue weighted by atomic mass is 10.1. The van der Waals surface area contributed by atoms with Crippen LogP contribution < -0.4 is 5.73 Å². The van der Waals surface area contributed by atoms with Gasteiger partial charge in [0.2, 0.25) is 5.82 Å². The Morgan fingerprint density at radius 3 is 2.30 bits per heavy atom. The van der Waals surface area contributed by atoms with Crippen molar-refractivity contribution in [2.45, 2.75) is 45.3 Å². The number of aliphatic hydroxyl groups is 2. The van der Waals surface area contributed by atoms with Crippen LogP contribution in [0.5, 0.6) is 0 Å². The summed E-state index contributed by atoms with van der Waals surface area (Å²) in [7, 11) is -2.59. The third-order valence-corrected chi connectivity index (χ3v) is 4.40. The lowest BCUT2D eigenvalue weighted by molar-refractivity contribution is -0.0565. The molecule has 1 amide bonds. The second-order valence-corrected chi connectivity index (χ2v) is 6.39. The molecule has 6 N–H and O–H groups in total. The molecule has 1 aliphatic heterocycles. The highest BCUT2D eigenvalue weighted by Crippen LogP contribution is 2.32. The van der Waals surface area contributed by atoms with Gasteiger partial charge in [-0.3, -0.25) is 4.79 Å². The van der Waals surface area contributed by atoms with E-state index in [1.165, 1.54) is 19.6 Å². The summed E-state index contributed by atoms with van der Waals surface area (Å²) in [6, 6.07) is 0. The number of rotatable bonds is 8. The number of nitrogens with zero attached hydrogens (tertiary/aromatic N) is 4. The largest absolute Gasteiger partial charge is 0.387 e. The second kappa shape index (κ2) is 11.6. The number of aromatic nitrogens is 3. The maximum Gasteiger partial charge on any atom is 0.327 e. The fourth-order valence-electron chi connectivity index (χ4n) is 2.41. The minimum atomic E-state index is -2.59. The molecule has 0 spiro atoms. The smallest absolute Gasteiger partial charge is 0.327 e. The Hall–Kier alpha value is -1.24. The van der Waals surface area contributed by atoms with Gasteiger partial charge in [-0.1, -0.05) is 20.8 Å². The van der Waals surface area contributed by atoms with Gasteiger partial charge in [-0.2, -0.15) is 0 Å². The average molecular weight is 409 g/mol. The molecule has 0 saturated carbocycles. The third-order valence-electron chi connectivity index (χ3n) is 4.02. The van der Waals surface area contributed by atoms with Gasteiger partial charge >= 0.3 is 8.60 Å². The Balaban J connectivity index is 0.000000445. The average Bonchev–Trinajstić information content (AvgIpc) is 3.22. The maximum atomic E-state index is 10.9. The monoisotopic (exact) mass is 409 g/mol. The number of hydrogen-bond acceptors (Lipinski definition) is 10. The van der Waals surface area contributed by atoms with E-state index < -0.39 is 39.0 Å². The van der Waals surface area contributed by atoms with Crippen molar-refractivity contribution in [2.24, 2.45) is 5.73 Å². The number of nitrogens with two attached hydrogens (primary N) is 1. The number of hydrogen-bond donors (Lipinski definition) is 5. The summed E-state index contributed by atoms with van der Waals surface area (Å²) in [5.41, 5.74) is 4.99. The minimum absolute atomic E-state index is 0.260. The zero-order valence-electron chi connectivity index (χ0n) is 15.5. The first-order chi connectivity index (χ1) is 12.7. The predicted molar refractivity (Wildman–Crippen MR) is 95.2 cm³/mol. The van der Waals surface area contributed by atoms with Crippen LogP contribution in [-0.2, 0) is 9.26 Å². The molecule has 4 atom stereocenters. The highest BCUT2D eigenvalue weighted by Gasteiger charge is 2.44. The van der Waals surface area contributed by atoms with Gasteiger partial charge in [-0.15, -0.1) is 5.10 Å². The topological polar surface area (TPSA) is 176 Å². The molecule has 156 valence electrons. The Kier molecular flexibility index (Phi) is 10.2. The van der Waals surface area contributed by atoms with E-state index in [9.17, 15) is 15.0 Å². The molecule has 0 aliphatic carbocycles. The van der Waals surface area contributed by atoms with E-state index in [0.717, 1.165) is 11.0 Å². The van der Waals surface area contributed by atoms with Gasteiger partial charge in [0, 0.05) is 0 Å². The van der Waals surface area contributed by atoms with Gasteiger partial charge < -0.3 is 39.9 Å². The molecule has 1 aliphatic rings. The van der Waals surface area contributed by atoms with Crippen molar-refractivity contribution in [2.75, 3.05) is 26.2 Å². The summed E-state index contributed by atoms with van der Waals surface area (Å²) < 4.78 is 10.9. The number of aliphatic hydroxyl groups excluding tert-OH is 2. The third kappa shape index (κ3) is 7.01. The van der Waals surface area contributed by atoms with Crippen molar-refractivity contribution >= 4 is 14.5 Å². The molecule has 2 rings (SSSR count). The predicted octanol–water partition coefficient (Wildman–Crippen LogP) is -1.43. The van der Waals surface area contributed by atoms with E-state index >= 15 is 0 Å². The van der Waals surface area contributed by atoms with E-state index in [0.29, 0.717) is 0 Å². The van der Waals surface area contributed by atoms with Crippen LogP contribution in [0.25, 0.3) is 0 Å². The fourth-order valence-corrected chi connectivity index (χ4v) is 2.69. The minimum Gasteiger partial charge on any atom is -0.387 e. The molecule has 1 saturated heterocycles. The highest BCUT2D eigenvalue weighted by atomic mass is 31.2. The van der Waals surface area contributed by atoms with Crippen LogP contribution in [0.4, 0.5) is 0 Å². The number of primary amides is 1. The van der Waals surface area contributed by atoms with Crippen molar-refractivity contribution < 1.29 is 34.1 Å². The van der Waals surface area contributed by atoms with Crippen LogP contribution in [0.15, 0.2) is 6.33 Å². The fraction of sp³-hybridized carbons (Fsp3) is 0.786. The lowest BCUT2D eigenvalue weighted by Crippen LogP contribution is -2.33. The first-order valence-electron chi connectivity index (χ1n) is 8.50. The molecule has 0 aromatic carbocycles. The zero-order chi connectivity index (χ0) is 20.6. The normalized spacial score (nSPS) is 24.9. The summed E-state index contributed by atoms with van der Waals surface area (Å²) >= 11 is 0. The van der Waals surface area contributed by atoms with Crippen molar-refractivity contribution in [1.82, 2.24) is 19.7 Å². The molecule has 27 heavy (non-hydrogen) atoms. The molecule has 12 nitrogen and oxygen atoms in total. The number of carbonyl (C=O) groups excluding carboxylic acids is 1. The van der Waals surface area contributed by atoms with Gasteiger partial charge in [0.05, 0.1) is 6.61 Å². The van der Waals surface area contributed by atoms with Crippen molar-refractivity contribution in [1.29, 1.82) is 0 Å². The summed E-state index contributed by atoms with van der Waals surface area (Å²) in [4.78, 5) is 34.1. The van der Waals surface area contributed by atoms with Gasteiger partial charge in [-0.05, 0) is 19.6 Å². The lowest BCUT2D eigenvalue weighted by Gasteiger charge is -2.14. The van der Waals surface area contributed by atoms with Crippen LogP contribution in [0.3, 0.4) is 0 Å². The molecule has 1 aromatic rings. The van der Waals surface area contributed by atoms with Crippen LogP contribution in [-0.4, -0.2) is 90.1 Å². The molecule has 0 radical (unpaired) electrons. The van der Waals surface area contributed by atoms with Crippen molar-refractivity contribution in [3.05, 3.63) is 12.2 Å². The number of amides is 1. The Morgan fingerprint density at radius 2 is 1.89 bits per heavy atom. The summed E-state index contributed by atoms with van der Waals surface area (Å²) in [5, 5.41) is 23.3. The maximum absolute atomic E-state index is 10.9. The molecule has 0 bridgehead atoms. The van der Waals surface area contributed by atoms with Crippen LogP contribution in [0, 0.1) is 0 Å². The Morgan fingerprint density at radius 1 is 1.30 bits per heavy atom. The van der Waals surface area contributed by atoms with E-state index in [1.54, 1.807) is 0 Å². The van der Waals surface area contributed by atoms with Crippen LogP contribution >= 0.6 is 8.60 Å². The SMILES string of the molecule is CCN(CC)CC.NC(=O)c1ncn([C@@H]2O[C@H](COP(O)O)[C@@H](O)[C@H]2O)n1. The first-order valence-corrected chi connectivity index (χ1v) is 9.67. The van der Waals surface area contributed by atoms with E-state index in [4.69, 9.17) is 20.3 Å². The van der Waals surface area contributed by atoms with Crippen molar-refractivity contribution in [3.8, 4) is 0 Å². The van der Waals surface area contributed by atoms with E-state index in [1.807, 2.05) is 0 Å². The second-order valence-electron chi connectivity index (χ2n) is 5.63. The molecular weight excluding hydrogens is 381 g/mol. The number of carbonyl (C=O) groups is 1. The Labute approximate surface area is 158 Å². The summed E-state index contributed by atoms with van der Waals surface area (Å²) in [5.74, 6) is -1.10. The summed E-state index contributed by atoms with van der Waals surface area (Å²) in [6.45, 7) is 9.80. The highest BCUT2D eigenvalue weighted by molar-refractivity contribution is 7.39. The van der Waals surface area contributed by atoms with Crippen LogP contribution in [0.1, 0.15) is 37.6 Å². The standard InChI is InChI=1S/C8H13N4O7P.C6H15N/c9-6(15)7-10-2-12(11-7)8-5(14)4(13)3(19-8)1-18-20(16)17;1-4-7(5-2)6-3/h2-5,8,13-14,16-17H,1H2,(H2,9,15);4-6H2,1-3H3/t3-,4-,5-,8-;/m1./s1. The van der Waals surface area contributed by atoms with Gasteiger partial charge in [-0.25, -0.2) is 9.67 Å². The molecule has 2 heterocycles. The first kappa shape index (κ1) is 23.8. The van der Waals surface area contributed by atoms with E-state index in [2.05, 4.69) is 40.3 Å². The molecular formula is C14H28N5O7P. The van der Waals surface area contributed by atoms with Gasteiger partial charge in [0.1, 0.15) is 24.6 Å². The zero-order valence-corrected chi connectivity index (χ0v) is 16.4.